The van der Waals surface area contributed by atoms with E-state index in [0.717, 1.165) is 0 Å². The maximum atomic E-state index is 13.2. The number of nitrogens with zero attached hydrogens (tertiary/aromatic N) is 1. The Balaban J connectivity index is 2.42. The lowest BCUT2D eigenvalue weighted by Gasteiger charge is -2.09. The molecule has 0 aliphatic heterocycles. The molecule has 0 amide bonds. The van der Waals surface area contributed by atoms with Crippen LogP contribution in [0.4, 0.5) is 4.39 Å². The van der Waals surface area contributed by atoms with Gasteiger partial charge in [-0.3, -0.25) is 4.79 Å². The molecular weight excluding hydrogens is 265 g/mol. The van der Waals surface area contributed by atoms with E-state index >= 15 is 0 Å². The second-order valence-electron chi connectivity index (χ2n) is 3.96. The SMILES string of the molecule is N#CC(C(=O)c1ccccc1Cl)c1cccc(F)c1. The average molecular weight is 274 g/mol. The van der Waals surface area contributed by atoms with Crippen molar-refractivity contribution in [2.75, 3.05) is 0 Å². The van der Waals surface area contributed by atoms with E-state index in [2.05, 4.69) is 0 Å². The number of benzene rings is 2. The van der Waals surface area contributed by atoms with Gasteiger partial charge in [0.05, 0.1) is 11.1 Å². The van der Waals surface area contributed by atoms with E-state index in [1.165, 1.54) is 18.2 Å². The third kappa shape index (κ3) is 2.81. The molecule has 2 aromatic rings. The molecule has 0 bridgehead atoms. The minimum absolute atomic E-state index is 0.264. The van der Waals surface area contributed by atoms with Gasteiger partial charge in [-0.25, -0.2) is 4.39 Å². The van der Waals surface area contributed by atoms with Gasteiger partial charge in [-0.2, -0.15) is 5.26 Å². The quantitative estimate of drug-likeness (QED) is 0.794. The first kappa shape index (κ1) is 13.3. The summed E-state index contributed by atoms with van der Waals surface area (Å²) in [6, 6.07) is 13.8. The highest BCUT2D eigenvalue weighted by Gasteiger charge is 2.23. The lowest BCUT2D eigenvalue weighted by Crippen LogP contribution is -2.12. The predicted molar refractivity (Wildman–Crippen MR) is 70.5 cm³/mol. The normalized spacial score (nSPS) is 11.6. The van der Waals surface area contributed by atoms with E-state index < -0.39 is 17.5 Å². The van der Waals surface area contributed by atoms with Gasteiger partial charge in [-0.15, -0.1) is 0 Å². The van der Waals surface area contributed by atoms with Crippen LogP contribution < -0.4 is 0 Å². The van der Waals surface area contributed by atoms with E-state index in [1.54, 1.807) is 30.3 Å². The molecule has 0 fully saturated rings. The molecule has 0 spiro atoms. The number of hydrogen-bond acceptors (Lipinski definition) is 2. The summed E-state index contributed by atoms with van der Waals surface area (Å²) in [6.07, 6.45) is 0. The fourth-order valence-corrected chi connectivity index (χ4v) is 2.02. The van der Waals surface area contributed by atoms with Crippen LogP contribution in [0.25, 0.3) is 0 Å². The van der Waals surface area contributed by atoms with Crippen LogP contribution in [-0.4, -0.2) is 5.78 Å². The lowest BCUT2D eigenvalue weighted by atomic mass is 9.92. The molecule has 0 saturated heterocycles. The molecule has 1 atom stereocenters. The number of Topliss-reactive ketones (excluding diaryl/α,β-unsaturated/α-hetero) is 1. The van der Waals surface area contributed by atoms with Crippen LogP contribution in [0, 0.1) is 17.1 Å². The maximum absolute atomic E-state index is 13.2. The van der Waals surface area contributed by atoms with Crippen molar-refractivity contribution in [3.63, 3.8) is 0 Å². The van der Waals surface area contributed by atoms with Gasteiger partial charge < -0.3 is 0 Å². The zero-order valence-corrected chi connectivity index (χ0v) is 10.6. The van der Waals surface area contributed by atoms with Crippen molar-refractivity contribution < 1.29 is 9.18 Å². The van der Waals surface area contributed by atoms with Crippen molar-refractivity contribution in [3.05, 3.63) is 70.5 Å². The van der Waals surface area contributed by atoms with Crippen molar-refractivity contribution in [1.29, 1.82) is 5.26 Å². The molecule has 2 rings (SSSR count). The van der Waals surface area contributed by atoms with Crippen molar-refractivity contribution in [1.82, 2.24) is 0 Å². The minimum Gasteiger partial charge on any atom is -0.292 e. The molecule has 0 aliphatic rings. The van der Waals surface area contributed by atoms with E-state index in [0.29, 0.717) is 5.56 Å². The molecule has 0 heterocycles. The van der Waals surface area contributed by atoms with E-state index in [-0.39, 0.29) is 10.6 Å². The lowest BCUT2D eigenvalue weighted by molar-refractivity contribution is 0.0979. The third-order valence-electron chi connectivity index (χ3n) is 2.71. The smallest absolute Gasteiger partial charge is 0.185 e. The summed E-state index contributed by atoms with van der Waals surface area (Å²) in [6.45, 7) is 0. The van der Waals surface area contributed by atoms with E-state index in [1.807, 2.05) is 6.07 Å². The first-order valence-electron chi connectivity index (χ1n) is 5.57. The monoisotopic (exact) mass is 273 g/mol. The summed E-state index contributed by atoms with van der Waals surface area (Å²) in [7, 11) is 0. The van der Waals surface area contributed by atoms with E-state index in [4.69, 9.17) is 16.9 Å². The molecule has 0 saturated carbocycles. The summed E-state index contributed by atoms with van der Waals surface area (Å²) in [4.78, 5) is 12.3. The summed E-state index contributed by atoms with van der Waals surface area (Å²) < 4.78 is 13.2. The van der Waals surface area contributed by atoms with Gasteiger partial charge in [0, 0.05) is 5.56 Å². The predicted octanol–water partition coefficient (Wildman–Crippen LogP) is 3.97. The molecule has 94 valence electrons. The Kier molecular flexibility index (Phi) is 3.94. The molecule has 0 aromatic heterocycles. The van der Waals surface area contributed by atoms with Crippen LogP contribution >= 0.6 is 11.6 Å². The number of hydrogen-bond donors (Lipinski definition) is 0. The van der Waals surface area contributed by atoms with Crippen LogP contribution in [0.3, 0.4) is 0 Å². The van der Waals surface area contributed by atoms with Gasteiger partial charge in [0.1, 0.15) is 11.7 Å². The molecule has 2 nitrogen and oxygen atoms in total. The second kappa shape index (κ2) is 5.64. The van der Waals surface area contributed by atoms with Crippen molar-refractivity contribution in [3.8, 4) is 6.07 Å². The molecule has 4 heteroatoms. The van der Waals surface area contributed by atoms with Crippen LogP contribution in [0.2, 0.25) is 5.02 Å². The molecule has 19 heavy (non-hydrogen) atoms. The summed E-state index contributed by atoms with van der Waals surface area (Å²) in [5.74, 6) is -1.97. The fourth-order valence-electron chi connectivity index (χ4n) is 1.79. The van der Waals surface area contributed by atoms with Crippen LogP contribution in [-0.2, 0) is 0 Å². The summed E-state index contributed by atoms with van der Waals surface area (Å²) in [5, 5.41) is 9.44. The van der Waals surface area contributed by atoms with E-state index in [9.17, 15) is 9.18 Å². The fraction of sp³-hybridized carbons (Fsp3) is 0.0667. The summed E-state index contributed by atoms with van der Waals surface area (Å²) in [5.41, 5.74) is 0.590. The number of carbonyl (C=O) groups is 1. The van der Waals surface area contributed by atoms with Crippen LogP contribution in [0.1, 0.15) is 21.8 Å². The number of carbonyl (C=O) groups excluding carboxylic acids is 1. The Morgan fingerprint density at radius 3 is 2.58 bits per heavy atom. The first-order valence-corrected chi connectivity index (χ1v) is 5.95. The van der Waals surface area contributed by atoms with Gasteiger partial charge in [0.15, 0.2) is 5.78 Å². The van der Waals surface area contributed by atoms with Crippen molar-refractivity contribution in [2.24, 2.45) is 0 Å². The highest BCUT2D eigenvalue weighted by Crippen LogP contribution is 2.25. The van der Waals surface area contributed by atoms with Gasteiger partial charge in [-0.1, -0.05) is 35.9 Å². The topological polar surface area (TPSA) is 40.9 Å². The molecule has 2 aromatic carbocycles. The molecule has 1 unspecified atom stereocenters. The van der Waals surface area contributed by atoms with Gasteiger partial charge >= 0.3 is 0 Å². The zero-order chi connectivity index (χ0) is 13.8. The van der Waals surface area contributed by atoms with Crippen molar-refractivity contribution >= 4 is 17.4 Å². The number of halogens is 2. The minimum atomic E-state index is -1.06. The third-order valence-corrected chi connectivity index (χ3v) is 3.04. The standard InChI is InChI=1S/C15H9ClFNO/c16-14-7-2-1-6-12(14)15(19)13(9-18)10-4-3-5-11(17)8-10/h1-8,13H. The zero-order valence-electron chi connectivity index (χ0n) is 9.81. The molecule has 0 aliphatic carbocycles. The van der Waals surface area contributed by atoms with Gasteiger partial charge in [0.25, 0.3) is 0 Å². The highest BCUT2D eigenvalue weighted by atomic mass is 35.5. The Labute approximate surface area is 115 Å². The number of ketones is 1. The Hall–Kier alpha value is -2.18. The average Bonchev–Trinajstić information content (AvgIpc) is 2.40. The number of nitriles is 1. The first-order chi connectivity index (χ1) is 9.13. The van der Waals surface area contributed by atoms with Gasteiger partial charge in [0.2, 0.25) is 0 Å². The van der Waals surface area contributed by atoms with Gasteiger partial charge in [-0.05, 0) is 29.8 Å². The van der Waals surface area contributed by atoms with Crippen LogP contribution in [0.15, 0.2) is 48.5 Å². The highest BCUT2D eigenvalue weighted by molar-refractivity contribution is 6.34. The molecule has 0 N–H and O–H groups in total. The Morgan fingerprint density at radius 2 is 1.95 bits per heavy atom. The number of rotatable bonds is 3. The molecule has 0 radical (unpaired) electrons. The summed E-state index contributed by atoms with van der Waals surface area (Å²) >= 11 is 5.93. The maximum Gasteiger partial charge on any atom is 0.185 e. The molecular formula is C15H9ClFNO. The Bertz CT molecular complexity index is 663. The second-order valence-corrected chi connectivity index (χ2v) is 4.37. The van der Waals surface area contributed by atoms with Crippen LogP contribution in [0.5, 0.6) is 0 Å². The van der Waals surface area contributed by atoms with Crippen molar-refractivity contribution in [2.45, 2.75) is 5.92 Å². The Morgan fingerprint density at radius 1 is 1.21 bits per heavy atom. The largest absolute Gasteiger partial charge is 0.292 e.